The van der Waals surface area contributed by atoms with Gasteiger partial charge >= 0.3 is 6.36 Å². The number of halogens is 3. The molecule has 3 rings (SSSR count). The van der Waals surface area contributed by atoms with Gasteiger partial charge in [-0.1, -0.05) is 12.1 Å². The average molecular weight is 438 g/mol. The quantitative estimate of drug-likeness (QED) is 0.604. The zero-order valence-corrected chi connectivity index (χ0v) is 16.7. The maximum atomic E-state index is 12.3. The molecule has 0 saturated heterocycles. The van der Waals surface area contributed by atoms with Gasteiger partial charge in [-0.15, -0.1) is 13.2 Å². The lowest BCUT2D eigenvalue weighted by molar-refractivity contribution is -0.274. The summed E-state index contributed by atoms with van der Waals surface area (Å²) < 4.78 is 66.6. The standard InChI is InChI=1S/C19H17F3N4O3S/c1-12-17(13-3-9-16(10-4-13)30(27,28)23-2)24-11-25-18(12)26-14-5-7-15(8-6-14)29-19(20,21)22/h3-11,23H,1-2H3,(H,24,25,26). The minimum Gasteiger partial charge on any atom is -0.406 e. The molecule has 0 atom stereocenters. The third kappa shape index (κ3) is 5.05. The van der Waals surface area contributed by atoms with E-state index >= 15 is 0 Å². The van der Waals surface area contributed by atoms with Crippen LogP contribution in [-0.4, -0.2) is 31.8 Å². The Bertz CT molecular complexity index is 1130. The van der Waals surface area contributed by atoms with E-state index in [-0.39, 0.29) is 10.6 Å². The Morgan fingerprint density at radius 3 is 2.17 bits per heavy atom. The van der Waals surface area contributed by atoms with Gasteiger partial charge in [-0.25, -0.2) is 23.1 Å². The lowest BCUT2D eigenvalue weighted by Gasteiger charge is -2.13. The highest BCUT2D eigenvalue weighted by atomic mass is 32.2. The molecule has 0 aliphatic heterocycles. The molecule has 0 fully saturated rings. The Morgan fingerprint density at radius 2 is 1.60 bits per heavy atom. The van der Waals surface area contributed by atoms with Crippen LogP contribution in [0.2, 0.25) is 0 Å². The molecule has 3 aromatic rings. The topological polar surface area (TPSA) is 93.2 Å². The number of nitrogens with zero attached hydrogens (tertiary/aromatic N) is 2. The second-order valence-corrected chi connectivity index (χ2v) is 8.01. The van der Waals surface area contributed by atoms with Crippen LogP contribution >= 0.6 is 0 Å². The molecule has 0 unspecified atom stereocenters. The summed E-state index contributed by atoms with van der Waals surface area (Å²) in [6, 6.07) is 11.4. The number of ether oxygens (including phenoxy) is 1. The van der Waals surface area contributed by atoms with E-state index in [0.29, 0.717) is 28.3 Å². The van der Waals surface area contributed by atoms with Gasteiger partial charge in [0.25, 0.3) is 0 Å². The smallest absolute Gasteiger partial charge is 0.406 e. The molecule has 1 heterocycles. The van der Waals surface area contributed by atoms with Crippen LogP contribution in [0, 0.1) is 6.92 Å². The fourth-order valence-corrected chi connectivity index (χ4v) is 3.38. The van der Waals surface area contributed by atoms with Crippen molar-refractivity contribution >= 4 is 21.5 Å². The number of sulfonamides is 1. The van der Waals surface area contributed by atoms with Crippen LogP contribution in [0.25, 0.3) is 11.3 Å². The summed E-state index contributed by atoms with van der Waals surface area (Å²) in [5.74, 6) is 0.126. The molecule has 2 N–H and O–H groups in total. The summed E-state index contributed by atoms with van der Waals surface area (Å²) in [5, 5.41) is 3.02. The second kappa shape index (κ2) is 8.28. The van der Waals surface area contributed by atoms with Crippen molar-refractivity contribution in [1.82, 2.24) is 14.7 Å². The first-order valence-electron chi connectivity index (χ1n) is 8.57. The highest BCUT2D eigenvalue weighted by Gasteiger charge is 2.30. The summed E-state index contributed by atoms with van der Waals surface area (Å²) in [7, 11) is -2.22. The van der Waals surface area contributed by atoms with E-state index < -0.39 is 16.4 Å². The van der Waals surface area contributed by atoms with E-state index in [4.69, 9.17) is 0 Å². The first-order chi connectivity index (χ1) is 14.1. The Morgan fingerprint density at radius 1 is 0.967 bits per heavy atom. The van der Waals surface area contributed by atoms with E-state index in [0.717, 1.165) is 0 Å². The van der Waals surface area contributed by atoms with Crippen molar-refractivity contribution in [3.8, 4) is 17.0 Å². The van der Waals surface area contributed by atoms with E-state index in [1.54, 1.807) is 19.1 Å². The Balaban J connectivity index is 1.83. The predicted octanol–water partition coefficient (Wildman–Crippen LogP) is 4.00. The highest BCUT2D eigenvalue weighted by Crippen LogP contribution is 2.29. The zero-order valence-electron chi connectivity index (χ0n) is 15.9. The van der Waals surface area contributed by atoms with Crippen LogP contribution in [0.1, 0.15) is 5.56 Å². The maximum Gasteiger partial charge on any atom is 0.573 e. The summed E-state index contributed by atoms with van der Waals surface area (Å²) in [5.41, 5.74) is 2.45. The Hall–Kier alpha value is -3.18. The SMILES string of the molecule is CNS(=O)(=O)c1ccc(-c2ncnc(Nc3ccc(OC(F)(F)F)cc3)c2C)cc1. The number of anilines is 2. The number of aromatic nitrogens is 2. The molecule has 0 amide bonds. The van der Waals surface area contributed by atoms with Crippen LogP contribution in [0.4, 0.5) is 24.7 Å². The molecule has 7 nitrogen and oxygen atoms in total. The number of hydrogen-bond donors (Lipinski definition) is 2. The van der Waals surface area contributed by atoms with Crippen molar-refractivity contribution in [2.75, 3.05) is 12.4 Å². The molecule has 0 aliphatic rings. The molecule has 0 spiro atoms. The highest BCUT2D eigenvalue weighted by molar-refractivity contribution is 7.89. The van der Waals surface area contributed by atoms with Crippen LogP contribution in [0.5, 0.6) is 5.75 Å². The first kappa shape index (κ1) is 21.5. The molecule has 11 heteroatoms. The number of nitrogens with one attached hydrogen (secondary N) is 2. The van der Waals surface area contributed by atoms with Crippen LogP contribution < -0.4 is 14.8 Å². The summed E-state index contributed by atoms with van der Waals surface area (Å²) in [6.07, 6.45) is -3.42. The van der Waals surface area contributed by atoms with Crippen molar-refractivity contribution < 1.29 is 26.3 Å². The molecule has 30 heavy (non-hydrogen) atoms. The van der Waals surface area contributed by atoms with Gasteiger partial charge in [0.2, 0.25) is 10.0 Å². The van der Waals surface area contributed by atoms with Crippen LogP contribution in [0.3, 0.4) is 0 Å². The summed E-state index contributed by atoms with van der Waals surface area (Å²) in [6.45, 7) is 1.77. The third-order valence-electron chi connectivity index (χ3n) is 4.14. The number of hydrogen-bond acceptors (Lipinski definition) is 6. The maximum absolute atomic E-state index is 12.3. The fourth-order valence-electron chi connectivity index (χ4n) is 2.65. The molecule has 1 aromatic heterocycles. The number of rotatable bonds is 6. The minimum absolute atomic E-state index is 0.125. The van der Waals surface area contributed by atoms with Gasteiger partial charge in [0.05, 0.1) is 10.6 Å². The van der Waals surface area contributed by atoms with E-state index in [2.05, 4.69) is 24.7 Å². The van der Waals surface area contributed by atoms with Crippen LogP contribution in [0.15, 0.2) is 59.8 Å². The van der Waals surface area contributed by atoms with Crippen molar-refractivity contribution in [3.63, 3.8) is 0 Å². The molecule has 0 radical (unpaired) electrons. The molecule has 0 aliphatic carbocycles. The van der Waals surface area contributed by atoms with Crippen LogP contribution in [-0.2, 0) is 10.0 Å². The Labute approximate surface area is 171 Å². The second-order valence-electron chi connectivity index (χ2n) is 6.13. The van der Waals surface area contributed by atoms with E-state index in [1.165, 1.54) is 49.8 Å². The van der Waals surface area contributed by atoms with Gasteiger partial charge in [-0.2, -0.15) is 0 Å². The minimum atomic E-state index is -4.75. The van der Waals surface area contributed by atoms with Gasteiger partial charge in [-0.05, 0) is 50.4 Å². The molecule has 0 saturated carbocycles. The summed E-state index contributed by atoms with van der Waals surface area (Å²) in [4.78, 5) is 8.55. The van der Waals surface area contributed by atoms with Gasteiger partial charge in [0.1, 0.15) is 17.9 Å². The summed E-state index contributed by atoms with van der Waals surface area (Å²) >= 11 is 0. The largest absolute Gasteiger partial charge is 0.573 e. The average Bonchev–Trinajstić information content (AvgIpc) is 2.70. The lowest BCUT2D eigenvalue weighted by atomic mass is 10.1. The van der Waals surface area contributed by atoms with Gasteiger partial charge in [0, 0.05) is 16.8 Å². The van der Waals surface area contributed by atoms with Crippen molar-refractivity contribution in [2.24, 2.45) is 0 Å². The number of benzene rings is 2. The van der Waals surface area contributed by atoms with E-state index in [9.17, 15) is 21.6 Å². The fraction of sp³-hybridized carbons (Fsp3) is 0.158. The van der Waals surface area contributed by atoms with Gasteiger partial charge < -0.3 is 10.1 Å². The first-order valence-corrected chi connectivity index (χ1v) is 10.1. The monoisotopic (exact) mass is 438 g/mol. The van der Waals surface area contributed by atoms with E-state index in [1.807, 2.05) is 0 Å². The van der Waals surface area contributed by atoms with Gasteiger partial charge in [-0.3, -0.25) is 0 Å². The predicted molar refractivity (Wildman–Crippen MR) is 105 cm³/mol. The molecular weight excluding hydrogens is 421 g/mol. The number of alkyl halides is 3. The zero-order chi connectivity index (χ0) is 21.9. The van der Waals surface area contributed by atoms with Gasteiger partial charge in [0.15, 0.2) is 0 Å². The lowest BCUT2D eigenvalue weighted by Crippen LogP contribution is -2.18. The third-order valence-corrected chi connectivity index (χ3v) is 5.57. The normalized spacial score (nSPS) is 11.9. The molecule has 158 valence electrons. The Kier molecular flexibility index (Phi) is 5.94. The molecule has 2 aromatic carbocycles. The molecule has 0 bridgehead atoms. The van der Waals surface area contributed by atoms with Crippen molar-refractivity contribution in [3.05, 3.63) is 60.4 Å². The van der Waals surface area contributed by atoms with Crippen molar-refractivity contribution in [1.29, 1.82) is 0 Å². The van der Waals surface area contributed by atoms with Crippen molar-refractivity contribution in [2.45, 2.75) is 18.2 Å². The molecular formula is C19H17F3N4O3S.